The molecule has 0 aliphatic carbocycles. The second-order valence-corrected chi connectivity index (χ2v) is 9.07. The molecule has 0 spiro atoms. The normalized spacial score (nSPS) is 14.1. The molecule has 0 amide bonds. The van der Waals surface area contributed by atoms with Gasteiger partial charge in [0.2, 0.25) is 0 Å². The molecule has 4 nitrogen and oxygen atoms in total. The molecule has 0 unspecified atom stereocenters. The smallest absolute Gasteiger partial charge is 0.416 e. The van der Waals surface area contributed by atoms with E-state index in [2.05, 4.69) is 9.97 Å². The molecule has 1 N–H and O–H groups in total. The molecule has 1 aromatic heterocycles. The van der Waals surface area contributed by atoms with Gasteiger partial charge in [-0.05, 0) is 55.8 Å². The second kappa shape index (κ2) is 8.30. The number of hydrogen-bond donors (Lipinski definition) is 1. The van der Waals surface area contributed by atoms with E-state index in [0.717, 1.165) is 12.1 Å². The first kappa shape index (κ1) is 23.2. The maximum absolute atomic E-state index is 14.5. The van der Waals surface area contributed by atoms with Crippen molar-refractivity contribution in [3.8, 4) is 34.1 Å². The molecular weight excluding hydrogens is 484 g/mol. The summed E-state index contributed by atoms with van der Waals surface area (Å²) in [6, 6.07) is 14.4. The van der Waals surface area contributed by atoms with E-state index in [4.69, 9.17) is 21.1 Å². The van der Waals surface area contributed by atoms with Gasteiger partial charge in [-0.1, -0.05) is 29.8 Å². The van der Waals surface area contributed by atoms with Crippen molar-refractivity contribution in [3.63, 3.8) is 0 Å². The quantitative estimate of drug-likeness (QED) is 0.290. The molecule has 35 heavy (non-hydrogen) atoms. The minimum atomic E-state index is -4.38. The first-order valence-corrected chi connectivity index (χ1v) is 11.1. The van der Waals surface area contributed by atoms with Gasteiger partial charge in [-0.2, -0.15) is 13.2 Å². The first-order chi connectivity index (χ1) is 16.5. The Morgan fingerprint density at radius 2 is 1.80 bits per heavy atom. The van der Waals surface area contributed by atoms with Crippen molar-refractivity contribution < 1.29 is 27.0 Å². The van der Waals surface area contributed by atoms with Crippen molar-refractivity contribution in [3.05, 3.63) is 88.3 Å². The predicted molar refractivity (Wildman–Crippen MR) is 124 cm³/mol. The standard InChI is InChI=1S/C26H19ClF4N2O2/c1-25(2)23-22(32-24(33-23)21-18(27)4-3-5-19(21)28)17-11-10-16(12-20(17)35-25)34-13-14-6-8-15(9-7-14)26(29,30)31/h3-12H,13H2,1-2H3,(H,32,33). The van der Waals surface area contributed by atoms with Crippen LogP contribution in [-0.2, 0) is 18.4 Å². The molecule has 5 rings (SSSR count). The minimum absolute atomic E-state index is 0.0872. The number of fused-ring (bicyclic) bond motifs is 3. The van der Waals surface area contributed by atoms with Crippen LogP contribution in [0.4, 0.5) is 17.6 Å². The Kier molecular flexibility index (Phi) is 5.51. The zero-order chi connectivity index (χ0) is 25.0. The highest BCUT2D eigenvalue weighted by atomic mass is 35.5. The molecule has 9 heteroatoms. The Balaban J connectivity index is 1.43. The minimum Gasteiger partial charge on any atom is -0.489 e. The van der Waals surface area contributed by atoms with Crippen molar-refractivity contribution >= 4 is 11.6 Å². The van der Waals surface area contributed by atoms with E-state index in [1.54, 1.807) is 24.3 Å². The summed E-state index contributed by atoms with van der Waals surface area (Å²) in [5, 5.41) is 0.238. The number of imidazole rings is 1. The van der Waals surface area contributed by atoms with Crippen LogP contribution in [0.3, 0.4) is 0 Å². The van der Waals surface area contributed by atoms with Gasteiger partial charge < -0.3 is 14.5 Å². The third-order valence-corrected chi connectivity index (χ3v) is 6.08. The van der Waals surface area contributed by atoms with E-state index in [9.17, 15) is 17.6 Å². The van der Waals surface area contributed by atoms with Crippen LogP contribution >= 0.6 is 11.6 Å². The number of aromatic nitrogens is 2. The maximum Gasteiger partial charge on any atom is 0.416 e. The molecule has 180 valence electrons. The van der Waals surface area contributed by atoms with Gasteiger partial charge in [0.05, 0.1) is 27.5 Å². The number of nitrogens with zero attached hydrogens (tertiary/aromatic N) is 1. The van der Waals surface area contributed by atoms with Crippen molar-refractivity contribution in [1.82, 2.24) is 9.97 Å². The number of aromatic amines is 1. The average molecular weight is 503 g/mol. The Labute approximate surface area is 203 Å². The Morgan fingerprint density at radius 3 is 2.49 bits per heavy atom. The van der Waals surface area contributed by atoms with E-state index < -0.39 is 23.2 Å². The van der Waals surface area contributed by atoms with E-state index in [0.29, 0.717) is 39.8 Å². The topological polar surface area (TPSA) is 47.1 Å². The van der Waals surface area contributed by atoms with Crippen LogP contribution in [0, 0.1) is 5.82 Å². The fourth-order valence-electron chi connectivity index (χ4n) is 4.00. The Hall–Kier alpha value is -3.52. The molecule has 1 aliphatic rings. The summed E-state index contributed by atoms with van der Waals surface area (Å²) in [5.74, 6) is 0.806. The highest BCUT2D eigenvalue weighted by Gasteiger charge is 2.37. The van der Waals surface area contributed by atoms with Crippen LogP contribution < -0.4 is 9.47 Å². The number of H-pyrrole nitrogens is 1. The molecular formula is C26H19ClF4N2O2. The fourth-order valence-corrected chi connectivity index (χ4v) is 4.25. The summed E-state index contributed by atoms with van der Waals surface area (Å²) in [4.78, 5) is 7.81. The molecule has 4 aromatic rings. The second-order valence-electron chi connectivity index (χ2n) is 8.66. The van der Waals surface area contributed by atoms with Gasteiger partial charge in [0, 0.05) is 11.6 Å². The van der Waals surface area contributed by atoms with Crippen molar-refractivity contribution in [2.24, 2.45) is 0 Å². The lowest BCUT2D eigenvalue weighted by Gasteiger charge is -2.32. The number of hydrogen-bond acceptors (Lipinski definition) is 3. The van der Waals surface area contributed by atoms with E-state index in [1.165, 1.54) is 24.3 Å². The summed E-state index contributed by atoms with van der Waals surface area (Å²) in [6.07, 6.45) is -4.38. The molecule has 3 aromatic carbocycles. The van der Waals surface area contributed by atoms with Gasteiger partial charge in [0.25, 0.3) is 0 Å². The summed E-state index contributed by atoms with van der Waals surface area (Å²) in [6.45, 7) is 3.80. The zero-order valence-corrected chi connectivity index (χ0v) is 19.4. The Morgan fingerprint density at radius 1 is 1.06 bits per heavy atom. The molecule has 0 bridgehead atoms. The molecule has 0 saturated heterocycles. The Bertz CT molecular complexity index is 1390. The third-order valence-electron chi connectivity index (χ3n) is 5.77. The molecule has 0 radical (unpaired) electrons. The van der Waals surface area contributed by atoms with Crippen LogP contribution in [0.1, 0.15) is 30.7 Å². The van der Waals surface area contributed by atoms with Gasteiger partial charge in [0.1, 0.15) is 35.3 Å². The lowest BCUT2D eigenvalue weighted by Crippen LogP contribution is -2.29. The predicted octanol–water partition coefficient (Wildman–Crippen LogP) is 7.76. The lowest BCUT2D eigenvalue weighted by molar-refractivity contribution is -0.137. The molecule has 0 saturated carbocycles. The number of ether oxygens (including phenoxy) is 2. The van der Waals surface area contributed by atoms with E-state index >= 15 is 0 Å². The molecule has 2 heterocycles. The van der Waals surface area contributed by atoms with Crippen LogP contribution in [0.15, 0.2) is 60.7 Å². The van der Waals surface area contributed by atoms with Gasteiger partial charge in [-0.3, -0.25) is 0 Å². The maximum atomic E-state index is 14.5. The summed E-state index contributed by atoms with van der Waals surface area (Å²) < 4.78 is 64.8. The molecule has 0 fully saturated rings. The molecule has 0 atom stereocenters. The van der Waals surface area contributed by atoms with Crippen LogP contribution in [-0.4, -0.2) is 9.97 Å². The first-order valence-electron chi connectivity index (χ1n) is 10.7. The summed E-state index contributed by atoms with van der Waals surface area (Å²) in [7, 11) is 0. The molecule has 1 aliphatic heterocycles. The highest BCUT2D eigenvalue weighted by molar-refractivity contribution is 6.33. The fraction of sp³-hybridized carbons (Fsp3) is 0.192. The van der Waals surface area contributed by atoms with Crippen LogP contribution in [0.5, 0.6) is 11.5 Å². The number of halogens is 5. The van der Waals surface area contributed by atoms with Crippen molar-refractivity contribution in [1.29, 1.82) is 0 Å². The van der Waals surface area contributed by atoms with Gasteiger partial charge in [-0.25, -0.2) is 9.37 Å². The zero-order valence-electron chi connectivity index (χ0n) is 18.6. The third kappa shape index (κ3) is 4.34. The number of rotatable bonds is 4. The lowest BCUT2D eigenvalue weighted by atomic mass is 9.95. The highest BCUT2D eigenvalue weighted by Crippen LogP contribution is 2.46. The SMILES string of the molecule is CC1(C)Oc2cc(OCc3ccc(C(F)(F)F)cc3)ccc2-c2nc(-c3c(F)cccc3Cl)[nH]c21. The number of alkyl halides is 3. The summed E-state index contributed by atoms with van der Waals surface area (Å²) >= 11 is 6.23. The average Bonchev–Trinajstić information content (AvgIpc) is 3.23. The number of benzene rings is 3. The van der Waals surface area contributed by atoms with E-state index in [1.807, 2.05) is 13.8 Å². The monoisotopic (exact) mass is 502 g/mol. The van der Waals surface area contributed by atoms with Gasteiger partial charge in [-0.15, -0.1) is 0 Å². The van der Waals surface area contributed by atoms with Crippen molar-refractivity contribution in [2.75, 3.05) is 0 Å². The van der Waals surface area contributed by atoms with Crippen molar-refractivity contribution in [2.45, 2.75) is 32.2 Å². The van der Waals surface area contributed by atoms with Crippen LogP contribution in [0.2, 0.25) is 5.02 Å². The number of nitrogens with one attached hydrogen (secondary N) is 1. The summed E-state index contributed by atoms with van der Waals surface area (Å²) in [5.41, 5.74) is 1.23. The van der Waals surface area contributed by atoms with Gasteiger partial charge in [0.15, 0.2) is 0 Å². The van der Waals surface area contributed by atoms with Crippen LogP contribution in [0.25, 0.3) is 22.6 Å². The largest absolute Gasteiger partial charge is 0.489 e. The van der Waals surface area contributed by atoms with E-state index in [-0.39, 0.29) is 17.2 Å². The van der Waals surface area contributed by atoms with Gasteiger partial charge >= 0.3 is 6.18 Å².